The van der Waals surface area contributed by atoms with Crippen LogP contribution >= 0.6 is 0 Å². The van der Waals surface area contributed by atoms with Gasteiger partial charge >= 0.3 is 0 Å². The molecule has 5 aliphatic rings. The fourth-order valence-corrected chi connectivity index (χ4v) is 11.1. The lowest BCUT2D eigenvalue weighted by Crippen LogP contribution is -2.58. The minimum absolute atomic E-state index is 0.000470. The summed E-state index contributed by atoms with van der Waals surface area (Å²) in [7, 11) is 0. The highest BCUT2D eigenvalue weighted by Crippen LogP contribution is 2.68. The van der Waals surface area contributed by atoms with Crippen LogP contribution in [0.4, 0.5) is 11.4 Å². The van der Waals surface area contributed by atoms with Crippen LogP contribution in [0.25, 0.3) is 0 Å². The van der Waals surface area contributed by atoms with Crippen molar-refractivity contribution in [1.29, 1.82) is 0 Å². The van der Waals surface area contributed by atoms with Crippen LogP contribution in [0.15, 0.2) is 48.5 Å². The molecule has 7 heteroatoms. The zero-order chi connectivity index (χ0) is 32.2. The lowest BCUT2D eigenvalue weighted by atomic mass is 9.43. The third-order valence-electron chi connectivity index (χ3n) is 13.8. The maximum atomic E-state index is 13.0. The van der Waals surface area contributed by atoms with Crippen molar-refractivity contribution in [2.75, 3.05) is 11.1 Å². The van der Waals surface area contributed by atoms with Crippen LogP contribution in [0.2, 0.25) is 0 Å². The number of hydrogen-bond donors (Lipinski definition) is 5. The van der Waals surface area contributed by atoms with Gasteiger partial charge in [-0.1, -0.05) is 57.2 Å². The Morgan fingerprint density at radius 1 is 0.978 bits per heavy atom. The number of carbonyl (C=O) groups excluding carboxylic acids is 1. The highest BCUT2D eigenvalue weighted by molar-refractivity contribution is 5.75. The molecule has 6 N–H and O–H groups in total. The zero-order valence-corrected chi connectivity index (χ0v) is 28.0. The summed E-state index contributed by atoms with van der Waals surface area (Å²) in [5.74, 6) is 3.19. The Morgan fingerprint density at radius 2 is 1.72 bits per heavy atom. The summed E-state index contributed by atoms with van der Waals surface area (Å²) in [5, 5.41) is 28.4. The maximum Gasteiger partial charge on any atom is 0.220 e. The van der Waals surface area contributed by atoms with Gasteiger partial charge in [-0.05, 0) is 127 Å². The van der Waals surface area contributed by atoms with E-state index in [1.54, 1.807) is 0 Å². The average Bonchev–Trinajstić information content (AvgIpc) is 3.72. The molecule has 0 radical (unpaired) electrons. The molecule has 0 bridgehead atoms. The number of amides is 1. The second kappa shape index (κ2) is 12.4. The van der Waals surface area contributed by atoms with Gasteiger partial charge in [0.2, 0.25) is 5.91 Å². The van der Waals surface area contributed by atoms with E-state index in [0.717, 1.165) is 48.9 Å². The van der Waals surface area contributed by atoms with Crippen molar-refractivity contribution in [2.45, 2.75) is 116 Å². The largest absolute Gasteiger partial charge is 0.397 e. The lowest BCUT2D eigenvalue weighted by molar-refractivity contribution is -0.174. The number of aliphatic hydroxyl groups is 2. The van der Waals surface area contributed by atoms with E-state index in [1.807, 2.05) is 24.3 Å². The SMILES string of the molecule is C[C@H](CCC(=O)NCc1ccc(C2OC2Nc2ccccc2N)cc1)[C@H]1CC[C@H]2C3[C@@H](O)CC4C[C@H](O)CC[C@]4(C)[C@H]3CC[C@]12C. The number of rotatable bonds is 9. The first-order valence-corrected chi connectivity index (χ1v) is 18.0. The van der Waals surface area contributed by atoms with Gasteiger partial charge in [-0.25, -0.2) is 0 Å². The van der Waals surface area contributed by atoms with E-state index in [1.165, 1.54) is 25.7 Å². The van der Waals surface area contributed by atoms with Gasteiger partial charge in [-0.2, -0.15) is 0 Å². The molecule has 0 spiro atoms. The molecule has 12 atom stereocenters. The second-order valence-electron chi connectivity index (χ2n) is 16.2. The van der Waals surface area contributed by atoms with Crippen molar-refractivity contribution in [1.82, 2.24) is 5.32 Å². The maximum absolute atomic E-state index is 13.0. The van der Waals surface area contributed by atoms with E-state index < -0.39 is 0 Å². The van der Waals surface area contributed by atoms with E-state index >= 15 is 0 Å². The smallest absolute Gasteiger partial charge is 0.220 e. The standard InChI is InChI=1S/C39H55N3O4/c1-23(28-13-14-29-35-30(17-19-39(28,29)3)38(2)18-16-27(43)20-26(38)21-33(35)44)8-15-34(45)41-22-24-9-11-25(12-10-24)36-37(46-36)42-32-7-5-4-6-31(32)40/h4-7,9-12,23,26-30,33,35-37,42-44H,8,13-22,40H2,1-3H3,(H,41,45)/t23-,26?,27-,28-,29+,30+,33+,35?,36?,37?,38+,39-/m1/s1. The predicted octanol–water partition coefficient (Wildman–Crippen LogP) is 6.80. The van der Waals surface area contributed by atoms with E-state index in [0.29, 0.717) is 54.2 Å². The number of anilines is 2. The number of nitrogen functional groups attached to an aromatic ring is 1. The number of nitrogens with one attached hydrogen (secondary N) is 2. The van der Waals surface area contributed by atoms with Crippen LogP contribution in [0.3, 0.4) is 0 Å². The summed E-state index contributed by atoms with van der Waals surface area (Å²) in [6.45, 7) is 7.89. The number of aliphatic hydroxyl groups excluding tert-OH is 2. The first-order chi connectivity index (χ1) is 22.1. The third kappa shape index (κ3) is 5.85. The first kappa shape index (κ1) is 32.0. The number of benzene rings is 2. The monoisotopic (exact) mass is 629 g/mol. The Balaban J connectivity index is 0.884. The van der Waals surface area contributed by atoms with Gasteiger partial charge < -0.3 is 31.3 Å². The van der Waals surface area contributed by atoms with E-state index in [-0.39, 0.29) is 41.3 Å². The van der Waals surface area contributed by atoms with Crippen molar-refractivity contribution < 1.29 is 19.7 Å². The average molecular weight is 630 g/mol. The molecule has 4 unspecified atom stereocenters. The summed E-state index contributed by atoms with van der Waals surface area (Å²) in [4.78, 5) is 13.0. The van der Waals surface area contributed by atoms with Crippen LogP contribution in [-0.4, -0.2) is 34.6 Å². The molecule has 5 fully saturated rings. The Bertz CT molecular complexity index is 1400. The number of epoxide rings is 1. The molecule has 46 heavy (non-hydrogen) atoms. The van der Waals surface area contributed by atoms with Crippen LogP contribution in [0, 0.1) is 46.3 Å². The number of carbonyl (C=O) groups is 1. The summed E-state index contributed by atoms with van der Waals surface area (Å²) in [6.07, 6.45) is 9.55. The van der Waals surface area contributed by atoms with Crippen LogP contribution < -0.4 is 16.4 Å². The predicted molar refractivity (Wildman–Crippen MR) is 181 cm³/mol. The van der Waals surface area contributed by atoms with Gasteiger partial charge in [0.15, 0.2) is 6.23 Å². The Kier molecular flexibility index (Phi) is 8.65. The van der Waals surface area contributed by atoms with Crippen LogP contribution in [0.1, 0.15) is 102 Å². The van der Waals surface area contributed by atoms with E-state index in [4.69, 9.17) is 10.5 Å². The highest BCUT2D eigenvalue weighted by atomic mass is 16.6. The summed E-state index contributed by atoms with van der Waals surface area (Å²) < 4.78 is 5.84. The minimum atomic E-state index is -0.240. The third-order valence-corrected chi connectivity index (χ3v) is 13.8. The van der Waals surface area contributed by atoms with Gasteiger partial charge in [0.05, 0.1) is 23.6 Å². The van der Waals surface area contributed by atoms with Gasteiger partial charge in [0.25, 0.3) is 0 Å². The summed E-state index contributed by atoms with van der Waals surface area (Å²) in [5.41, 5.74) is 10.3. The number of hydrogen-bond acceptors (Lipinski definition) is 6. The van der Waals surface area contributed by atoms with Crippen LogP contribution in [-0.2, 0) is 16.1 Å². The molecule has 4 saturated carbocycles. The summed E-state index contributed by atoms with van der Waals surface area (Å²) >= 11 is 0. The fourth-order valence-electron chi connectivity index (χ4n) is 11.1. The fraction of sp³-hybridized carbons (Fsp3) is 0.667. The molecular weight excluding hydrogens is 574 g/mol. The molecule has 2 aromatic carbocycles. The summed E-state index contributed by atoms with van der Waals surface area (Å²) in [6, 6.07) is 16.0. The van der Waals surface area contributed by atoms with Crippen LogP contribution in [0.5, 0.6) is 0 Å². The quantitative estimate of drug-likeness (QED) is 0.154. The van der Waals surface area contributed by atoms with Gasteiger partial charge in [0, 0.05) is 13.0 Å². The molecule has 4 aliphatic carbocycles. The Morgan fingerprint density at radius 3 is 2.50 bits per heavy atom. The number of nitrogens with two attached hydrogens (primary N) is 1. The van der Waals surface area contributed by atoms with Crippen molar-refractivity contribution in [3.8, 4) is 0 Å². The highest BCUT2D eigenvalue weighted by Gasteiger charge is 2.62. The molecule has 1 saturated heterocycles. The molecule has 1 aliphatic heterocycles. The molecule has 1 amide bonds. The van der Waals surface area contributed by atoms with E-state index in [2.05, 4.69) is 55.7 Å². The molecular formula is C39H55N3O4. The van der Waals surface area contributed by atoms with Gasteiger partial charge in [-0.15, -0.1) is 0 Å². The van der Waals surface area contributed by atoms with E-state index in [9.17, 15) is 15.0 Å². The Hall–Kier alpha value is -2.61. The number of para-hydroxylation sites is 2. The molecule has 2 aromatic rings. The van der Waals surface area contributed by atoms with Crippen molar-refractivity contribution >= 4 is 17.3 Å². The second-order valence-corrected chi connectivity index (χ2v) is 16.2. The topological polar surface area (TPSA) is 120 Å². The van der Waals surface area contributed by atoms with Crippen molar-refractivity contribution in [2.24, 2.45) is 46.3 Å². The number of ether oxygens (including phenoxy) is 1. The van der Waals surface area contributed by atoms with Crippen molar-refractivity contribution in [3.05, 3.63) is 59.7 Å². The molecule has 0 aromatic heterocycles. The Labute approximate surface area is 275 Å². The molecule has 250 valence electrons. The molecule has 7 nitrogen and oxygen atoms in total. The normalized spacial score (nSPS) is 40.2. The number of fused-ring (bicyclic) bond motifs is 5. The molecule has 1 heterocycles. The molecule has 7 rings (SSSR count). The zero-order valence-electron chi connectivity index (χ0n) is 28.0. The van der Waals surface area contributed by atoms with Gasteiger partial charge in [0.1, 0.15) is 6.10 Å². The lowest BCUT2D eigenvalue weighted by Gasteiger charge is -2.62. The first-order valence-electron chi connectivity index (χ1n) is 18.0. The van der Waals surface area contributed by atoms with Gasteiger partial charge in [-0.3, -0.25) is 4.79 Å². The van der Waals surface area contributed by atoms with Crippen molar-refractivity contribution in [3.63, 3.8) is 0 Å². The minimum Gasteiger partial charge on any atom is -0.397 e.